The molecule has 0 saturated heterocycles. The average molecular weight is 723 g/mol. The Bertz CT molecular complexity index is 2500. The zero-order valence-electron chi connectivity index (χ0n) is 31.6. The third-order valence-electron chi connectivity index (χ3n) is 13.1. The molecule has 4 aromatic rings. The molecule has 5 aliphatic carbocycles. The van der Waals surface area contributed by atoms with Gasteiger partial charge in [0.15, 0.2) is 0 Å². The Hall–Kier alpha value is -6.12. The number of benzene rings is 4. The van der Waals surface area contributed by atoms with Gasteiger partial charge in [0.1, 0.15) is 0 Å². The highest BCUT2D eigenvalue weighted by atomic mass is 15.2. The van der Waals surface area contributed by atoms with Gasteiger partial charge in [-0.3, -0.25) is 0 Å². The first-order valence-electron chi connectivity index (χ1n) is 20.6. The van der Waals surface area contributed by atoms with Crippen LogP contribution in [0.1, 0.15) is 53.4 Å². The summed E-state index contributed by atoms with van der Waals surface area (Å²) in [5, 5.41) is 0. The highest BCUT2D eigenvalue weighted by Gasteiger charge is 2.42. The number of hydrogen-bond donors (Lipinski definition) is 0. The molecule has 0 N–H and O–H groups in total. The zero-order chi connectivity index (χ0) is 37.0. The molecule has 0 bridgehead atoms. The minimum atomic E-state index is 0.228. The Balaban J connectivity index is 0.930. The van der Waals surface area contributed by atoms with Crippen molar-refractivity contribution >= 4 is 22.5 Å². The quantitative estimate of drug-likeness (QED) is 0.196. The summed E-state index contributed by atoms with van der Waals surface area (Å²) in [6, 6.07) is 37.6. The molecule has 56 heavy (non-hydrogen) atoms. The molecule has 11 rings (SSSR count). The molecule has 7 aliphatic rings. The van der Waals surface area contributed by atoms with Crippen LogP contribution in [0.25, 0.3) is 22.3 Å². The lowest BCUT2D eigenvalue weighted by molar-refractivity contribution is 0.608. The highest BCUT2D eigenvalue weighted by molar-refractivity contribution is 5.88. The summed E-state index contributed by atoms with van der Waals surface area (Å²) in [7, 11) is 0. The second kappa shape index (κ2) is 13.9. The van der Waals surface area contributed by atoms with E-state index >= 15 is 0 Å². The van der Waals surface area contributed by atoms with Crippen molar-refractivity contribution in [1.29, 1.82) is 0 Å². The molecule has 2 heteroatoms. The van der Waals surface area contributed by atoms with Crippen LogP contribution >= 0.6 is 0 Å². The fraction of sp³-hybridized carbons (Fsp3) is 0.185. The van der Waals surface area contributed by atoms with E-state index in [4.69, 9.17) is 0 Å². The number of rotatable bonds is 6. The smallest absolute Gasteiger partial charge is 0.0586 e. The fourth-order valence-electron chi connectivity index (χ4n) is 10.5. The topological polar surface area (TPSA) is 6.48 Å². The normalized spacial score (nSPS) is 27.7. The molecule has 0 fully saturated rings. The Morgan fingerprint density at radius 1 is 0.500 bits per heavy atom. The van der Waals surface area contributed by atoms with Gasteiger partial charge in [-0.25, -0.2) is 0 Å². The first-order valence-corrected chi connectivity index (χ1v) is 20.6. The average Bonchev–Trinajstić information content (AvgIpc) is 3.79. The molecule has 2 heterocycles. The van der Waals surface area contributed by atoms with Crippen molar-refractivity contribution in [2.45, 2.75) is 55.3 Å². The lowest BCUT2D eigenvalue weighted by Crippen LogP contribution is -2.41. The SMILES string of the molecule is C1=CCC(C2=CCC(N3c4ccc(-c5ccc6c(c5)C5C=CC=CC5N6C5C=C(c6ccccc6)C=C(c6ccccc6)C5)cc4C4C=CC=CC43)C=C2)C=C1. The van der Waals surface area contributed by atoms with Crippen LogP contribution in [-0.4, -0.2) is 24.2 Å². The third kappa shape index (κ3) is 5.70. The Morgan fingerprint density at radius 2 is 1.11 bits per heavy atom. The lowest BCUT2D eigenvalue weighted by Gasteiger charge is -2.37. The van der Waals surface area contributed by atoms with E-state index < -0.39 is 0 Å². The lowest BCUT2D eigenvalue weighted by atomic mass is 9.86. The summed E-state index contributed by atoms with van der Waals surface area (Å²) in [6.07, 6.45) is 43.1. The Labute approximate surface area is 331 Å². The van der Waals surface area contributed by atoms with E-state index in [0.717, 1.165) is 19.3 Å². The van der Waals surface area contributed by atoms with Gasteiger partial charge in [0.2, 0.25) is 0 Å². The second-order valence-corrected chi connectivity index (χ2v) is 16.3. The van der Waals surface area contributed by atoms with Crippen LogP contribution < -0.4 is 9.80 Å². The first kappa shape index (κ1) is 33.2. The first-order chi connectivity index (χ1) is 27.8. The molecule has 7 unspecified atom stereocenters. The molecule has 7 atom stereocenters. The van der Waals surface area contributed by atoms with Crippen molar-refractivity contribution in [1.82, 2.24) is 0 Å². The van der Waals surface area contributed by atoms with E-state index in [0.29, 0.717) is 29.8 Å². The summed E-state index contributed by atoms with van der Waals surface area (Å²) in [6.45, 7) is 0. The molecule has 2 nitrogen and oxygen atoms in total. The van der Waals surface area contributed by atoms with E-state index in [2.05, 4.69) is 210 Å². The van der Waals surface area contributed by atoms with Crippen molar-refractivity contribution in [3.05, 3.63) is 228 Å². The predicted molar refractivity (Wildman–Crippen MR) is 236 cm³/mol. The van der Waals surface area contributed by atoms with Gasteiger partial charge in [-0.2, -0.15) is 0 Å². The minimum Gasteiger partial charge on any atom is -0.357 e. The van der Waals surface area contributed by atoms with E-state index in [9.17, 15) is 0 Å². The van der Waals surface area contributed by atoms with Crippen molar-refractivity contribution in [3.8, 4) is 11.1 Å². The molecule has 0 saturated carbocycles. The van der Waals surface area contributed by atoms with Gasteiger partial charge < -0.3 is 9.80 Å². The molecule has 0 aromatic heterocycles. The molecule has 2 aliphatic heterocycles. The monoisotopic (exact) mass is 722 g/mol. The van der Waals surface area contributed by atoms with Crippen LogP contribution in [0, 0.1) is 5.92 Å². The largest absolute Gasteiger partial charge is 0.357 e. The van der Waals surface area contributed by atoms with Crippen LogP contribution in [0.3, 0.4) is 0 Å². The molecule has 4 aromatic carbocycles. The van der Waals surface area contributed by atoms with Gasteiger partial charge >= 0.3 is 0 Å². The fourth-order valence-corrected chi connectivity index (χ4v) is 10.5. The van der Waals surface area contributed by atoms with Crippen LogP contribution in [0.2, 0.25) is 0 Å². The molecule has 272 valence electrons. The molecule has 0 radical (unpaired) electrons. The second-order valence-electron chi connectivity index (χ2n) is 16.3. The van der Waals surface area contributed by atoms with Gasteiger partial charge in [-0.05, 0) is 93.6 Å². The summed E-state index contributed by atoms with van der Waals surface area (Å²) in [5.41, 5.74) is 14.9. The number of fused-ring (bicyclic) bond motifs is 6. The van der Waals surface area contributed by atoms with Crippen molar-refractivity contribution in [2.24, 2.45) is 5.92 Å². The van der Waals surface area contributed by atoms with Gasteiger partial charge in [-0.15, -0.1) is 0 Å². The maximum atomic E-state index is 2.71. The maximum Gasteiger partial charge on any atom is 0.0586 e. The molecular formula is C54H46N2. The summed E-state index contributed by atoms with van der Waals surface area (Å²) >= 11 is 0. The van der Waals surface area contributed by atoms with Crippen LogP contribution in [-0.2, 0) is 0 Å². The minimum absolute atomic E-state index is 0.228. The number of hydrogen-bond acceptors (Lipinski definition) is 2. The van der Waals surface area contributed by atoms with E-state index in [1.165, 1.54) is 61.5 Å². The molecular weight excluding hydrogens is 677 g/mol. The van der Waals surface area contributed by atoms with Gasteiger partial charge in [-0.1, -0.05) is 176 Å². The van der Waals surface area contributed by atoms with Crippen LogP contribution in [0.4, 0.5) is 11.4 Å². The number of anilines is 2. The van der Waals surface area contributed by atoms with Crippen LogP contribution in [0.15, 0.2) is 206 Å². The zero-order valence-corrected chi connectivity index (χ0v) is 31.6. The number of nitrogens with zero attached hydrogens (tertiary/aromatic N) is 2. The molecule has 0 spiro atoms. The van der Waals surface area contributed by atoms with E-state index in [-0.39, 0.29) is 12.1 Å². The van der Waals surface area contributed by atoms with Gasteiger partial charge in [0.25, 0.3) is 0 Å². The maximum absolute atomic E-state index is 2.71. The van der Waals surface area contributed by atoms with Crippen molar-refractivity contribution in [2.75, 3.05) is 9.80 Å². The standard InChI is InChI=1S/C54H46N2/c1-4-14-37(15-5-1)40-24-28-45(29-25-40)55-51-22-12-10-20-47(51)49-35-41(26-30-53(49)55)42-27-31-54-50(36-42)48-21-11-13-23-52(48)56(54)46-33-43(38-16-6-2-7-17-38)32-44(34-46)39-18-8-3-9-19-39/h1-14,16-28,30-33,35-37,45-48,51-52H,15,29,34H2. The highest BCUT2D eigenvalue weighted by Crippen LogP contribution is 2.51. The number of allylic oxidation sites excluding steroid dienone is 12. The predicted octanol–water partition coefficient (Wildman–Crippen LogP) is 12.5. The Morgan fingerprint density at radius 3 is 1.71 bits per heavy atom. The van der Waals surface area contributed by atoms with Gasteiger partial charge in [0, 0.05) is 29.1 Å². The molecule has 0 amide bonds. The third-order valence-corrected chi connectivity index (χ3v) is 13.1. The summed E-state index contributed by atoms with van der Waals surface area (Å²) < 4.78 is 0. The summed E-state index contributed by atoms with van der Waals surface area (Å²) in [5.74, 6) is 1.16. The van der Waals surface area contributed by atoms with Crippen LogP contribution in [0.5, 0.6) is 0 Å². The van der Waals surface area contributed by atoms with E-state index in [1.54, 1.807) is 0 Å². The van der Waals surface area contributed by atoms with E-state index in [1.807, 2.05) is 0 Å². The van der Waals surface area contributed by atoms with Gasteiger partial charge in [0.05, 0.1) is 24.2 Å². The summed E-state index contributed by atoms with van der Waals surface area (Å²) in [4.78, 5) is 5.40. The van der Waals surface area contributed by atoms with Crippen molar-refractivity contribution in [3.63, 3.8) is 0 Å². The van der Waals surface area contributed by atoms with Crippen molar-refractivity contribution < 1.29 is 0 Å². The Kier molecular flexibility index (Phi) is 8.23.